The first-order valence-electron chi connectivity index (χ1n) is 9.17. The number of hydrogen-bond donors (Lipinski definition) is 0. The second-order valence-electron chi connectivity index (χ2n) is 9.05. The van der Waals surface area contributed by atoms with E-state index >= 15 is 0 Å². The second-order valence-corrected chi connectivity index (χ2v) is 14.7. The molecule has 2 rings (SSSR count). The van der Waals surface area contributed by atoms with Crippen LogP contribution in [-0.2, 0) is 14.0 Å². The molecule has 0 atom stereocenters. The molecular formula is C18H30BNO6Si. The molecule has 1 aliphatic heterocycles. The molecule has 1 fully saturated rings. The van der Waals surface area contributed by atoms with Crippen LogP contribution in [0.4, 0.5) is 5.69 Å². The van der Waals surface area contributed by atoms with Gasteiger partial charge in [0.1, 0.15) is 0 Å². The summed E-state index contributed by atoms with van der Waals surface area (Å²) in [5, 5.41) is 11.5. The maximum atomic E-state index is 11.5. The van der Waals surface area contributed by atoms with Crippen LogP contribution in [0.5, 0.6) is 5.75 Å². The van der Waals surface area contributed by atoms with Crippen molar-refractivity contribution < 1.29 is 23.7 Å². The maximum Gasteiger partial charge on any atom is 0.495 e. The highest BCUT2D eigenvalue weighted by molar-refractivity contribution is 6.76. The summed E-state index contributed by atoms with van der Waals surface area (Å²) in [5.74, 6) is 0.174. The summed E-state index contributed by atoms with van der Waals surface area (Å²) in [6.07, 6.45) is 0. The largest absolute Gasteiger partial charge is 0.495 e. The van der Waals surface area contributed by atoms with Gasteiger partial charge in [0, 0.05) is 20.7 Å². The fraction of sp³-hybridized carbons (Fsp3) is 0.667. The summed E-state index contributed by atoms with van der Waals surface area (Å²) >= 11 is 0. The van der Waals surface area contributed by atoms with Gasteiger partial charge in [-0.2, -0.15) is 0 Å². The van der Waals surface area contributed by atoms with E-state index in [2.05, 4.69) is 19.6 Å². The first kappa shape index (κ1) is 21.9. The molecule has 27 heavy (non-hydrogen) atoms. The van der Waals surface area contributed by atoms with E-state index in [9.17, 15) is 10.1 Å². The minimum atomic E-state index is -1.18. The van der Waals surface area contributed by atoms with Crippen molar-refractivity contribution in [1.29, 1.82) is 0 Å². The molecular weight excluding hydrogens is 365 g/mol. The molecule has 0 bridgehead atoms. The quantitative estimate of drug-likeness (QED) is 0.220. The fourth-order valence-electron chi connectivity index (χ4n) is 2.47. The Labute approximate surface area is 162 Å². The van der Waals surface area contributed by atoms with Gasteiger partial charge < -0.3 is 18.8 Å². The number of nitrogens with zero attached hydrogens (tertiary/aromatic N) is 1. The third kappa shape index (κ3) is 5.54. The predicted octanol–water partition coefficient (Wildman–Crippen LogP) is 3.59. The average molecular weight is 395 g/mol. The Morgan fingerprint density at radius 3 is 2.26 bits per heavy atom. The summed E-state index contributed by atoms with van der Waals surface area (Å²) in [6.45, 7) is 15.1. The Morgan fingerprint density at radius 2 is 1.74 bits per heavy atom. The molecule has 0 aliphatic carbocycles. The number of hydrogen-bond acceptors (Lipinski definition) is 6. The maximum absolute atomic E-state index is 11.5. The molecule has 1 aromatic carbocycles. The molecule has 0 amide bonds. The topological polar surface area (TPSA) is 80.1 Å². The van der Waals surface area contributed by atoms with Gasteiger partial charge in [0.25, 0.3) is 0 Å². The van der Waals surface area contributed by atoms with Crippen LogP contribution in [-0.4, -0.2) is 44.7 Å². The summed E-state index contributed by atoms with van der Waals surface area (Å²) in [5.41, 5.74) is -0.555. The molecule has 9 heteroatoms. The number of ether oxygens (including phenoxy) is 2. The molecule has 0 saturated carbocycles. The molecule has 0 radical (unpaired) electrons. The van der Waals surface area contributed by atoms with Gasteiger partial charge in [-0.15, -0.1) is 0 Å². The number of nitro groups is 1. The van der Waals surface area contributed by atoms with Gasteiger partial charge >= 0.3 is 12.8 Å². The summed E-state index contributed by atoms with van der Waals surface area (Å²) in [6, 6.07) is 5.76. The van der Waals surface area contributed by atoms with Crippen LogP contribution in [0.2, 0.25) is 25.7 Å². The van der Waals surface area contributed by atoms with Crippen molar-refractivity contribution in [3.63, 3.8) is 0 Å². The van der Waals surface area contributed by atoms with Crippen LogP contribution in [0.15, 0.2) is 18.2 Å². The monoisotopic (exact) mass is 395 g/mol. The van der Waals surface area contributed by atoms with E-state index in [0.717, 1.165) is 6.04 Å². The molecule has 7 nitrogen and oxygen atoms in total. The first-order valence-corrected chi connectivity index (χ1v) is 12.9. The van der Waals surface area contributed by atoms with E-state index in [4.69, 9.17) is 18.8 Å². The fourth-order valence-corrected chi connectivity index (χ4v) is 3.22. The third-order valence-corrected chi connectivity index (χ3v) is 6.70. The summed E-state index contributed by atoms with van der Waals surface area (Å²) in [4.78, 5) is 11.0. The van der Waals surface area contributed by atoms with Crippen molar-refractivity contribution in [2.75, 3.05) is 13.4 Å². The van der Waals surface area contributed by atoms with E-state index < -0.39 is 31.3 Å². The Hall–Kier alpha value is -1.42. The Bertz CT molecular complexity index is 673. The standard InChI is InChI=1S/C18H30BNO6Si/c1-17(2)18(3,4)26-19(25-17)14-8-9-16(15(12-14)20(21)22)24-13-23-10-11-27(5,6)7/h8-9,12H,10-11,13H2,1-7H3. The zero-order valence-electron chi connectivity index (χ0n) is 17.3. The lowest BCUT2D eigenvalue weighted by molar-refractivity contribution is -0.386. The van der Waals surface area contributed by atoms with Crippen LogP contribution in [0.1, 0.15) is 27.7 Å². The minimum Gasteiger partial charge on any atom is -0.460 e. The molecule has 1 heterocycles. The first-order chi connectivity index (χ1) is 12.3. The molecule has 1 aliphatic rings. The SMILES string of the molecule is CC1(C)OB(c2ccc(OCOCC[Si](C)(C)C)c([N+](=O)[O-])c2)OC1(C)C. The lowest BCUT2D eigenvalue weighted by atomic mass is 9.79. The normalized spacial score (nSPS) is 18.6. The average Bonchev–Trinajstić information content (AvgIpc) is 2.74. The lowest BCUT2D eigenvalue weighted by Gasteiger charge is -2.32. The highest BCUT2D eigenvalue weighted by atomic mass is 28.3. The van der Waals surface area contributed by atoms with Gasteiger partial charge in [-0.3, -0.25) is 10.1 Å². The number of benzene rings is 1. The van der Waals surface area contributed by atoms with Crippen molar-refractivity contribution in [3.05, 3.63) is 28.3 Å². The van der Waals surface area contributed by atoms with Gasteiger partial charge in [-0.25, -0.2) is 0 Å². The molecule has 0 N–H and O–H groups in total. The number of rotatable bonds is 8. The summed E-state index contributed by atoms with van der Waals surface area (Å²) < 4.78 is 22.9. The minimum absolute atomic E-state index is 0.0127. The molecule has 150 valence electrons. The van der Waals surface area contributed by atoms with Crippen molar-refractivity contribution in [3.8, 4) is 5.75 Å². The molecule has 0 unspecified atom stereocenters. The van der Waals surface area contributed by atoms with Gasteiger partial charge in [-0.05, 0) is 45.3 Å². The van der Waals surface area contributed by atoms with E-state index in [1.54, 1.807) is 12.1 Å². The van der Waals surface area contributed by atoms with Gasteiger partial charge in [0.05, 0.1) is 16.1 Å². The van der Waals surface area contributed by atoms with Gasteiger partial charge in [0.2, 0.25) is 0 Å². The third-order valence-electron chi connectivity index (χ3n) is 5.00. The molecule has 0 spiro atoms. The highest BCUT2D eigenvalue weighted by Gasteiger charge is 2.52. The van der Waals surface area contributed by atoms with E-state index in [0.29, 0.717) is 12.1 Å². The smallest absolute Gasteiger partial charge is 0.460 e. The zero-order chi connectivity index (χ0) is 20.5. The van der Waals surface area contributed by atoms with Gasteiger partial charge in [0.15, 0.2) is 12.5 Å². The van der Waals surface area contributed by atoms with E-state index in [1.165, 1.54) is 6.07 Å². The predicted molar refractivity (Wildman–Crippen MR) is 108 cm³/mol. The molecule has 1 aromatic rings. The molecule has 0 aromatic heterocycles. The van der Waals surface area contributed by atoms with Gasteiger partial charge in [-0.1, -0.05) is 25.7 Å². The van der Waals surface area contributed by atoms with Crippen LogP contribution < -0.4 is 10.2 Å². The van der Waals surface area contributed by atoms with Crippen LogP contribution in [0.3, 0.4) is 0 Å². The van der Waals surface area contributed by atoms with E-state index in [1.807, 2.05) is 27.7 Å². The van der Waals surface area contributed by atoms with Crippen LogP contribution in [0.25, 0.3) is 0 Å². The Kier molecular flexibility index (Phi) is 6.41. The Balaban J connectivity index is 2.06. The van der Waals surface area contributed by atoms with Crippen LogP contribution >= 0.6 is 0 Å². The Morgan fingerprint density at radius 1 is 1.15 bits per heavy atom. The summed E-state index contributed by atoms with van der Waals surface area (Å²) in [7, 11) is -1.83. The number of nitro benzene ring substituents is 1. The molecule has 1 saturated heterocycles. The van der Waals surface area contributed by atoms with Crippen molar-refractivity contribution in [2.45, 2.75) is 64.6 Å². The van der Waals surface area contributed by atoms with Crippen molar-refractivity contribution in [1.82, 2.24) is 0 Å². The zero-order valence-corrected chi connectivity index (χ0v) is 18.3. The highest BCUT2D eigenvalue weighted by Crippen LogP contribution is 2.37. The lowest BCUT2D eigenvalue weighted by Crippen LogP contribution is -2.41. The van der Waals surface area contributed by atoms with Crippen molar-refractivity contribution >= 4 is 26.3 Å². The second kappa shape index (κ2) is 7.91. The van der Waals surface area contributed by atoms with Crippen LogP contribution in [0, 0.1) is 10.1 Å². The van der Waals surface area contributed by atoms with Crippen molar-refractivity contribution in [2.24, 2.45) is 0 Å². The van der Waals surface area contributed by atoms with E-state index in [-0.39, 0.29) is 18.2 Å².